The number of carbonyl (C=O) groups is 2. The number of nitro benzene ring substituents is 1. The predicted molar refractivity (Wildman–Crippen MR) is 98.0 cm³/mol. The lowest BCUT2D eigenvalue weighted by Crippen LogP contribution is -2.32. The van der Waals surface area contributed by atoms with Gasteiger partial charge in [-0.05, 0) is 24.3 Å². The van der Waals surface area contributed by atoms with Gasteiger partial charge in [-0.25, -0.2) is 4.79 Å². The van der Waals surface area contributed by atoms with Crippen LogP contribution in [0.1, 0.15) is 10.4 Å². The summed E-state index contributed by atoms with van der Waals surface area (Å²) in [6.07, 6.45) is 0. The van der Waals surface area contributed by atoms with Crippen LogP contribution < -0.4 is 15.4 Å². The van der Waals surface area contributed by atoms with E-state index in [1.54, 1.807) is 0 Å². The summed E-state index contributed by atoms with van der Waals surface area (Å²) in [5, 5.41) is 16.0. The topological polar surface area (TPSA) is 120 Å². The maximum Gasteiger partial charge on any atom is 0.387 e. The molecule has 0 saturated heterocycles. The largest absolute Gasteiger partial charge is 0.452 e. The molecule has 0 radical (unpaired) electrons. The van der Waals surface area contributed by atoms with Crippen LogP contribution in [0.3, 0.4) is 0 Å². The average molecular weight is 409 g/mol. The van der Waals surface area contributed by atoms with Crippen LogP contribution in [0.15, 0.2) is 48.5 Å². The molecule has 1 amide bonds. The lowest BCUT2D eigenvalue weighted by molar-refractivity contribution is -0.384. The Balaban J connectivity index is 1.72. The summed E-state index contributed by atoms with van der Waals surface area (Å²) in [5.74, 6) is -1.91. The fourth-order valence-electron chi connectivity index (χ4n) is 2.20. The predicted octanol–water partition coefficient (Wildman–Crippen LogP) is 2.58. The molecular formula is C18H17F2N3O6. The third-order valence-corrected chi connectivity index (χ3v) is 3.51. The number of benzene rings is 2. The van der Waals surface area contributed by atoms with Gasteiger partial charge in [0.25, 0.3) is 11.6 Å². The molecule has 0 bridgehead atoms. The molecule has 0 aliphatic carbocycles. The number of nitrogens with zero attached hydrogens (tertiary/aromatic N) is 1. The van der Waals surface area contributed by atoms with E-state index in [0.29, 0.717) is 12.2 Å². The third-order valence-electron chi connectivity index (χ3n) is 3.51. The first-order chi connectivity index (χ1) is 13.9. The Morgan fingerprint density at radius 1 is 1.07 bits per heavy atom. The minimum Gasteiger partial charge on any atom is -0.452 e. The van der Waals surface area contributed by atoms with Crippen molar-refractivity contribution in [3.05, 3.63) is 64.2 Å². The molecule has 9 nitrogen and oxygen atoms in total. The fourth-order valence-corrected chi connectivity index (χ4v) is 2.20. The highest BCUT2D eigenvalue weighted by atomic mass is 19.3. The molecule has 154 valence electrons. The highest BCUT2D eigenvalue weighted by molar-refractivity contribution is 5.94. The zero-order chi connectivity index (χ0) is 21.2. The van der Waals surface area contributed by atoms with Crippen LogP contribution in [0.4, 0.5) is 20.2 Å². The highest BCUT2D eigenvalue weighted by Gasteiger charge is 2.17. The van der Waals surface area contributed by atoms with Crippen LogP contribution in [0, 0.1) is 10.1 Å². The molecule has 0 heterocycles. The second kappa shape index (κ2) is 10.5. The van der Waals surface area contributed by atoms with Gasteiger partial charge in [0.15, 0.2) is 6.61 Å². The molecule has 0 aromatic heterocycles. The van der Waals surface area contributed by atoms with Crippen molar-refractivity contribution in [2.24, 2.45) is 0 Å². The average Bonchev–Trinajstić information content (AvgIpc) is 2.69. The molecule has 2 rings (SSSR count). The summed E-state index contributed by atoms with van der Waals surface area (Å²) < 4.78 is 33.7. The van der Waals surface area contributed by atoms with E-state index in [4.69, 9.17) is 4.74 Å². The number of hydrogen-bond donors (Lipinski definition) is 2. The second-order valence-electron chi connectivity index (χ2n) is 5.53. The molecule has 29 heavy (non-hydrogen) atoms. The molecule has 2 N–H and O–H groups in total. The number of nitro groups is 1. The number of esters is 1. The Morgan fingerprint density at radius 3 is 2.41 bits per heavy atom. The summed E-state index contributed by atoms with van der Waals surface area (Å²) in [6.45, 7) is -3.18. The van der Waals surface area contributed by atoms with E-state index < -0.39 is 30.0 Å². The van der Waals surface area contributed by atoms with Crippen LogP contribution in [-0.4, -0.2) is 43.1 Å². The van der Waals surface area contributed by atoms with Crippen LogP contribution in [-0.2, 0) is 9.53 Å². The number of non-ortho nitro benzene ring substituents is 1. The van der Waals surface area contributed by atoms with Gasteiger partial charge in [0, 0.05) is 30.9 Å². The normalized spacial score (nSPS) is 10.3. The number of rotatable bonds is 10. The molecule has 0 atom stereocenters. The van der Waals surface area contributed by atoms with Crippen LogP contribution in [0.5, 0.6) is 5.75 Å². The van der Waals surface area contributed by atoms with Gasteiger partial charge in [-0.3, -0.25) is 14.9 Å². The van der Waals surface area contributed by atoms with Crippen LogP contribution in [0.2, 0.25) is 0 Å². The summed E-state index contributed by atoms with van der Waals surface area (Å²) in [5.41, 5.74) is 0.374. The number of nitrogens with one attached hydrogen (secondary N) is 2. The quantitative estimate of drug-likeness (QED) is 0.268. The van der Waals surface area contributed by atoms with Gasteiger partial charge in [-0.15, -0.1) is 0 Å². The number of alkyl halides is 2. The monoisotopic (exact) mass is 409 g/mol. The standard InChI is InChI=1S/C18H17F2N3O6/c19-18(20)29-15-4-2-1-3-14(15)17(25)28-11-16(24)22-10-9-21-12-5-7-13(8-6-12)23(26)27/h1-8,18,21H,9-11H2,(H,22,24). The molecule has 0 saturated carbocycles. The fraction of sp³-hybridized carbons (Fsp3) is 0.222. The molecule has 2 aromatic carbocycles. The lowest BCUT2D eigenvalue weighted by Gasteiger charge is -2.11. The summed E-state index contributed by atoms with van der Waals surface area (Å²) >= 11 is 0. The van der Waals surface area contributed by atoms with E-state index in [1.165, 1.54) is 48.5 Å². The number of halogens is 2. The lowest BCUT2D eigenvalue weighted by atomic mass is 10.2. The maximum absolute atomic E-state index is 12.4. The zero-order valence-corrected chi connectivity index (χ0v) is 15.0. The SMILES string of the molecule is O=C(COC(=O)c1ccccc1OC(F)F)NCCNc1ccc([N+](=O)[O-])cc1. The van der Waals surface area contributed by atoms with E-state index in [-0.39, 0.29) is 23.5 Å². The third kappa shape index (κ3) is 7.05. The van der Waals surface area contributed by atoms with Gasteiger partial charge in [-0.2, -0.15) is 8.78 Å². The van der Waals surface area contributed by atoms with Gasteiger partial charge in [-0.1, -0.05) is 12.1 Å². The Kier molecular flexibility index (Phi) is 7.83. The molecule has 11 heteroatoms. The van der Waals surface area contributed by atoms with Crippen molar-refractivity contribution < 1.29 is 32.8 Å². The minimum atomic E-state index is -3.10. The van der Waals surface area contributed by atoms with Gasteiger partial charge in [0.2, 0.25) is 0 Å². The molecular weight excluding hydrogens is 392 g/mol. The van der Waals surface area contributed by atoms with Gasteiger partial charge >= 0.3 is 12.6 Å². The summed E-state index contributed by atoms with van der Waals surface area (Å²) in [6, 6.07) is 11.0. The first kappa shape index (κ1) is 21.5. The van der Waals surface area contributed by atoms with Crippen molar-refractivity contribution in [3.63, 3.8) is 0 Å². The number of amides is 1. The molecule has 2 aromatic rings. The Morgan fingerprint density at radius 2 is 1.76 bits per heavy atom. The van der Waals surface area contributed by atoms with Crippen molar-refractivity contribution in [1.29, 1.82) is 0 Å². The number of para-hydroxylation sites is 1. The number of ether oxygens (including phenoxy) is 2. The van der Waals surface area contributed by atoms with Gasteiger partial charge in [0.1, 0.15) is 11.3 Å². The minimum absolute atomic E-state index is 0.0359. The van der Waals surface area contributed by atoms with Crippen molar-refractivity contribution in [1.82, 2.24) is 5.32 Å². The van der Waals surface area contributed by atoms with E-state index in [9.17, 15) is 28.5 Å². The molecule has 0 aliphatic heterocycles. The smallest absolute Gasteiger partial charge is 0.387 e. The Hall–Kier alpha value is -3.76. The first-order valence-electron chi connectivity index (χ1n) is 8.33. The van der Waals surface area contributed by atoms with Crippen LogP contribution >= 0.6 is 0 Å². The zero-order valence-electron chi connectivity index (χ0n) is 15.0. The molecule has 0 unspecified atom stereocenters. The molecule has 0 fully saturated rings. The second-order valence-corrected chi connectivity index (χ2v) is 5.53. The Labute approximate surface area is 163 Å². The van der Waals surface area contributed by atoms with E-state index >= 15 is 0 Å². The van der Waals surface area contributed by atoms with Crippen LogP contribution in [0.25, 0.3) is 0 Å². The maximum atomic E-state index is 12.4. The van der Waals surface area contributed by atoms with Crippen molar-refractivity contribution >= 4 is 23.3 Å². The van der Waals surface area contributed by atoms with E-state index in [0.717, 1.165) is 0 Å². The van der Waals surface area contributed by atoms with E-state index in [1.807, 2.05) is 0 Å². The van der Waals surface area contributed by atoms with Crippen molar-refractivity contribution in [2.75, 3.05) is 25.0 Å². The Bertz CT molecular complexity index is 861. The van der Waals surface area contributed by atoms with Crippen molar-refractivity contribution in [2.45, 2.75) is 6.61 Å². The molecule has 0 aliphatic rings. The van der Waals surface area contributed by atoms with E-state index in [2.05, 4.69) is 15.4 Å². The van der Waals surface area contributed by atoms with Crippen molar-refractivity contribution in [3.8, 4) is 5.75 Å². The first-order valence-corrected chi connectivity index (χ1v) is 8.33. The molecule has 0 spiro atoms. The summed E-state index contributed by atoms with van der Waals surface area (Å²) in [7, 11) is 0. The highest BCUT2D eigenvalue weighted by Crippen LogP contribution is 2.21. The number of hydrogen-bond acceptors (Lipinski definition) is 7. The number of carbonyl (C=O) groups excluding carboxylic acids is 2. The summed E-state index contributed by atoms with van der Waals surface area (Å²) in [4.78, 5) is 33.7. The van der Waals surface area contributed by atoms with Gasteiger partial charge < -0.3 is 20.1 Å². The number of anilines is 1. The van der Waals surface area contributed by atoms with Gasteiger partial charge in [0.05, 0.1) is 4.92 Å².